The first-order valence-electron chi connectivity index (χ1n) is 13.1. The molecule has 1 unspecified atom stereocenters. The van der Waals surface area contributed by atoms with Gasteiger partial charge in [0.15, 0.2) is 5.54 Å². The first kappa shape index (κ1) is 29.2. The van der Waals surface area contributed by atoms with Crippen molar-refractivity contribution in [2.24, 2.45) is 0 Å². The molecule has 2 aliphatic heterocycles. The van der Waals surface area contributed by atoms with E-state index in [0.717, 1.165) is 17.5 Å². The predicted molar refractivity (Wildman–Crippen MR) is 136 cm³/mol. The zero-order valence-corrected chi connectivity index (χ0v) is 22.0. The van der Waals surface area contributed by atoms with Gasteiger partial charge >= 0.3 is 12.4 Å². The van der Waals surface area contributed by atoms with Gasteiger partial charge in [0, 0.05) is 12.8 Å². The number of hydrogen-bond donors (Lipinski definition) is 5. The number of carbonyl (C=O) groups excluding carboxylic acids is 1. The number of fused-ring (bicyclic) bond motifs is 1. The topological polar surface area (TPSA) is 95.7 Å². The van der Waals surface area contributed by atoms with E-state index in [1.807, 2.05) is 0 Å². The van der Waals surface area contributed by atoms with E-state index >= 15 is 13.2 Å². The Morgan fingerprint density at radius 3 is 2.27 bits per heavy atom. The van der Waals surface area contributed by atoms with Crippen LogP contribution in [-0.4, -0.2) is 38.1 Å². The summed E-state index contributed by atoms with van der Waals surface area (Å²) in [6.07, 6.45) is -9.84. The number of benzene rings is 2. The van der Waals surface area contributed by atoms with Crippen molar-refractivity contribution >= 4 is 11.5 Å². The number of carbonyl (C=O) groups is 1. The van der Waals surface area contributed by atoms with Crippen LogP contribution in [0.3, 0.4) is 0 Å². The number of nitrogens with one attached hydrogen (secondary N) is 5. The summed E-state index contributed by atoms with van der Waals surface area (Å²) in [6.45, 7) is -0.248. The summed E-state index contributed by atoms with van der Waals surface area (Å²) >= 11 is 0. The number of methoxy groups -OCH3 is 1. The van der Waals surface area contributed by atoms with E-state index in [4.69, 9.17) is 9.47 Å². The lowest BCUT2D eigenvalue weighted by atomic mass is 9.75. The molecule has 0 saturated carbocycles. The largest absolute Gasteiger partial charge is 0.496 e. The van der Waals surface area contributed by atoms with Crippen LogP contribution in [0.15, 0.2) is 42.0 Å². The number of hydrogen-bond acceptors (Lipinski definition) is 7. The summed E-state index contributed by atoms with van der Waals surface area (Å²) in [5, 5.41) is 2.24. The highest BCUT2D eigenvalue weighted by Crippen LogP contribution is 2.50. The van der Waals surface area contributed by atoms with E-state index in [9.17, 15) is 18.0 Å². The fourth-order valence-corrected chi connectivity index (χ4v) is 5.70. The molecule has 1 saturated heterocycles. The number of rotatable bonds is 8. The first-order chi connectivity index (χ1) is 19.4. The van der Waals surface area contributed by atoms with Crippen LogP contribution in [0.5, 0.6) is 11.5 Å². The molecule has 8 nitrogen and oxygen atoms in total. The van der Waals surface area contributed by atoms with Gasteiger partial charge in [0.2, 0.25) is 0 Å². The van der Waals surface area contributed by atoms with E-state index in [-0.39, 0.29) is 35.5 Å². The van der Waals surface area contributed by atoms with Gasteiger partial charge in [-0.2, -0.15) is 37.4 Å². The maximum absolute atomic E-state index is 15.1. The van der Waals surface area contributed by atoms with Crippen molar-refractivity contribution in [1.82, 2.24) is 27.2 Å². The summed E-state index contributed by atoms with van der Waals surface area (Å²) in [7, 11) is 1.54. The minimum absolute atomic E-state index is 0.103. The van der Waals surface area contributed by atoms with Gasteiger partial charge in [-0.1, -0.05) is 18.2 Å². The summed E-state index contributed by atoms with van der Waals surface area (Å²) in [6, 6.07) is 8.31. The standard InChI is InChI=1S/C27H29F6N5O3/c1-40-21-11-10-18(17-4-2-5-19(17)21)20-14-25(27(31,32)33,34-24(39)22(20)23-35-37-38-36-23)15-6-8-16(9-7-15)41-13-3-12-26(28,29)30/h6-11,23,35-38H,2-5,12-14H2,1H3,(H,34,39). The van der Waals surface area contributed by atoms with Gasteiger partial charge in [0.05, 0.1) is 19.3 Å². The van der Waals surface area contributed by atoms with Crippen molar-refractivity contribution in [2.45, 2.75) is 62.6 Å². The monoisotopic (exact) mass is 585 g/mol. The van der Waals surface area contributed by atoms with Crippen molar-refractivity contribution < 1.29 is 40.6 Å². The van der Waals surface area contributed by atoms with Crippen molar-refractivity contribution in [1.29, 1.82) is 0 Å². The Morgan fingerprint density at radius 2 is 1.63 bits per heavy atom. The SMILES string of the molecule is COc1ccc(C2=C(C3NNNN3)C(=O)NC(c3ccc(OCCCC(F)(F)F)cc3)(C(F)(F)F)C2)c2c1CCC2. The van der Waals surface area contributed by atoms with Crippen LogP contribution in [-0.2, 0) is 23.2 Å². The molecule has 0 radical (unpaired) electrons. The van der Waals surface area contributed by atoms with Crippen LogP contribution >= 0.6 is 0 Å². The van der Waals surface area contributed by atoms with Gasteiger partial charge in [0.1, 0.15) is 17.7 Å². The summed E-state index contributed by atoms with van der Waals surface area (Å²) < 4.78 is 93.1. The molecule has 14 heteroatoms. The Bertz CT molecular complexity index is 1320. The molecule has 1 amide bonds. The zero-order valence-electron chi connectivity index (χ0n) is 22.0. The molecule has 3 aliphatic rings. The lowest BCUT2D eigenvalue weighted by molar-refractivity contribution is -0.202. The van der Waals surface area contributed by atoms with Crippen LogP contribution in [0.1, 0.15) is 47.9 Å². The Labute approximate surface area is 231 Å². The third-order valence-electron chi connectivity index (χ3n) is 7.61. The highest BCUT2D eigenvalue weighted by molar-refractivity contribution is 6.05. The Kier molecular flexibility index (Phi) is 7.94. The third-order valence-corrected chi connectivity index (χ3v) is 7.61. The molecule has 0 aromatic heterocycles. The van der Waals surface area contributed by atoms with Crippen molar-refractivity contribution in [2.75, 3.05) is 13.7 Å². The summed E-state index contributed by atoms with van der Waals surface area (Å²) in [5.41, 5.74) is 10.5. The smallest absolute Gasteiger partial charge is 0.416 e. The molecular weight excluding hydrogens is 556 g/mol. The fourth-order valence-electron chi connectivity index (χ4n) is 5.70. The number of amides is 1. The Hall–Kier alpha value is -3.33. The second-order valence-electron chi connectivity index (χ2n) is 10.1. The molecule has 1 aliphatic carbocycles. The molecule has 2 aromatic carbocycles. The van der Waals surface area contributed by atoms with E-state index in [1.54, 1.807) is 12.1 Å². The van der Waals surface area contributed by atoms with Gasteiger partial charge < -0.3 is 14.8 Å². The summed E-state index contributed by atoms with van der Waals surface area (Å²) in [5.74, 6) is -0.137. The van der Waals surface area contributed by atoms with E-state index in [1.165, 1.54) is 31.4 Å². The van der Waals surface area contributed by atoms with Gasteiger partial charge in [0.25, 0.3) is 5.91 Å². The molecule has 2 aromatic rings. The quantitative estimate of drug-likeness (QED) is 0.236. The van der Waals surface area contributed by atoms with Gasteiger partial charge in [-0.05, 0) is 71.7 Å². The first-order valence-corrected chi connectivity index (χ1v) is 13.1. The maximum atomic E-state index is 15.1. The number of hydrazine groups is 3. The van der Waals surface area contributed by atoms with Crippen molar-refractivity contribution in [3.8, 4) is 11.5 Å². The molecule has 5 rings (SSSR count). The zero-order chi connectivity index (χ0) is 29.4. The van der Waals surface area contributed by atoms with Crippen LogP contribution in [0.25, 0.3) is 5.57 Å². The van der Waals surface area contributed by atoms with Crippen LogP contribution in [0.4, 0.5) is 26.3 Å². The molecule has 5 N–H and O–H groups in total. The van der Waals surface area contributed by atoms with Crippen LogP contribution in [0, 0.1) is 0 Å². The molecule has 1 atom stereocenters. The average molecular weight is 586 g/mol. The Morgan fingerprint density at radius 1 is 0.951 bits per heavy atom. The molecule has 2 heterocycles. The second-order valence-corrected chi connectivity index (χ2v) is 10.1. The highest BCUT2D eigenvalue weighted by Gasteiger charge is 2.60. The second kappa shape index (κ2) is 11.2. The third kappa shape index (κ3) is 5.73. The maximum Gasteiger partial charge on any atom is 0.416 e. The minimum atomic E-state index is -4.91. The van der Waals surface area contributed by atoms with Gasteiger partial charge in [-0.3, -0.25) is 4.79 Å². The molecule has 1 fully saturated rings. The lowest BCUT2D eigenvalue weighted by Crippen LogP contribution is -2.60. The predicted octanol–water partition coefficient (Wildman–Crippen LogP) is 4.08. The van der Waals surface area contributed by atoms with E-state index < -0.39 is 42.8 Å². The normalized spacial score (nSPS) is 21.7. The van der Waals surface area contributed by atoms with Gasteiger partial charge in [-0.25, -0.2) is 10.9 Å². The molecule has 222 valence electrons. The molecule has 0 spiro atoms. The summed E-state index contributed by atoms with van der Waals surface area (Å²) in [4.78, 5) is 13.6. The lowest BCUT2D eigenvalue weighted by Gasteiger charge is -2.42. The fraction of sp³-hybridized carbons (Fsp3) is 0.444. The number of alkyl halides is 6. The van der Waals surface area contributed by atoms with Crippen molar-refractivity contribution in [3.05, 3.63) is 64.2 Å². The molecule has 41 heavy (non-hydrogen) atoms. The van der Waals surface area contributed by atoms with Crippen LogP contribution in [0.2, 0.25) is 0 Å². The minimum Gasteiger partial charge on any atom is -0.496 e. The van der Waals surface area contributed by atoms with Crippen LogP contribution < -0.4 is 36.7 Å². The van der Waals surface area contributed by atoms with Gasteiger partial charge in [-0.15, -0.1) is 0 Å². The average Bonchev–Trinajstić information content (AvgIpc) is 3.62. The number of ether oxygens (including phenoxy) is 2. The molecular formula is C27H29F6N5O3. The molecule has 0 bridgehead atoms. The highest BCUT2D eigenvalue weighted by atomic mass is 19.4. The van der Waals surface area contributed by atoms with E-state index in [0.29, 0.717) is 24.2 Å². The Balaban J connectivity index is 1.54. The van der Waals surface area contributed by atoms with Crippen molar-refractivity contribution in [3.63, 3.8) is 0 Å². The van der Waals surface area contributed by atoms with E-state index in [2.05, 4.69) is 27.2 Å². The number of halogens is 6.